The van der Waals surface area contributed by atoms with Gasteiger partial charge in [-0.1, -0.05) is 75.4 Å². The minimum atomic E-state index is 0.178. The van der Waals surface area contributed by atoms with Crippen LogP contribution in [0.25, 0.3) is 11.0 Å². The number of aromatic nitrogens is 2. The van der Waals surface area contributed by atoms with Gasteiger partial charge in [-0.2, -0.15) is 0 Å². The van der Waals surface area contributed by atoms with Crippen molar-refractivity contribution in [2.45, 2.75) is 43.4 Å². The zero-order valence-corrected chi connectivity index (χ0v) is 17.5. The first-order valence-corrected chi connectivity index (χ1v) is 10.7. The highest BCUT2D eigenvalue weighted by atomic mass is 32.2. The summed E-state index contributed by atoms with van der Waals surface area (Å²) in [5, 5.41) is 0. The number of hydrogen-bond acceptors (Lipinski definition) is 2. The van der Waals surface area contributed by atoms with Crippen LogP contribution in [-0.2, 0) is 17.7 Å². The Labute approximate surface area is 171 Å². The summed E-state index contributed by atoms with van der Waals surface area (Å²) in [5.74, 6) is 1.98. The van der Waals surface area contributed by atoms with E-state index in [1.54, 1.807) is 0 Å². The molecule has 142 valence electrons. The van der Waals surface area contributed by atoms with E-state index < -0.39 is 0 Å². The van der Waals surface area contributed by atoms with Gasteiger partial charge in [-0.3, -0.25) is 0 Å². The lowest BCUT2D eigenvalue weighted by atomic mass is 9.87. The van der Waals surface area contributed by atoms with Crippen LogP contribution < -0.4 is 0 Å². The van der Waals surface area contributed by atoms with Crippen LogP contribution in [0.4, 0.5) is 0 Å². The predicted molar refractivity (Wildman–Crippen MR) is 120 cm³/mol. The van der Waals surface area contributed by atoms with Gasteiger partial charge in [0.05, 0.1) is 16.8 Å². The number of nitrogens with zero attached hydrogens (tertiary/aromatic N) is 2. The fourth-order valence-electron chi connectivity index (χ4n) is 3.37. The molecule has 0 saturated heterocycles. The molecule has 0 amide bonds. The SMILES string of the molecule is CC(C)(C)c1ccc(Cn2c(CSc3ccccc3)nc3ccccc32)cc1. The van der Waals surface area contributed by atoms with E-state index in [4.69, 9.17) is 4.98 Å². The van der Waals surface area contributed by atoms with Crippen molar-refractivity contribution in [1.29, 1.82) is 0 Å². The van der Waals surface area contributed by atoms with E-state index in [0.717, 1.165) is 23.6 Å². The highest BCUT2D eigenvalue weighted by Crippen LogP contribution is 2.27. The largest absolute Gasteiger partial charge is 0.323 e. The van der Waals surface area contributed by atoms with E-state index in [0.29, 0.717) is 0 Å². The molecule has 3 heteroatoms. The Morgan fingerprint density at radius 3 is 2.21 bits per heavy atom. The van der Waals surface area contributed by atoms with Crippen molar-refractivity contribution in [1.82, 2.24) is 9.55 Å². The highest BCUT2D eigenvalue weighted by Gasteiger charge is 2.14. The van der Waals surface area contributed by atoms with Crippen LogP contribution in [0.15, 0.2) is 83.8 Å². The van der Waals surface area contributed by atoms with Crippen molar-refractivity contribution in [2.24, 2.45) is 0 Å². The van der Waals surface area contributed by atoms with Crippen molar-refractivity contribution >= 4 is 22.8 Å². The average Bonchev–Trinajstić information content (AvgIpc) is 3.04. The Hall–Kier alpha value is -2.52. The summed E-state index contributed by atoms with van der Waals surface area (Å²) in [7, 11) is 0. The van der Waals surface area contributed by atoms with Gasteiger partial charge in [0, 0.05) is 11.4 Å². The Bertz CT molecular complexity index is 1060. The number of para-hydroxylation sites is 2. The second-order valence-electron chi connectivity index (χ2n) is 8.15. The Morgan fingerprint density at radius 2 is 1.50 bits per heavy atom. The van der Waals surface area contributed by atoms with Gasteiger partial charge in [-0.15, -0.1) is 11.8 Å². The third kappa shape index (κ3) is 4.15. The van der Waals surface area contributed by atoms with Crippen molar-refractivity contribution in [3.05, 3.63) is 95.8 Å². The lowest BCUT2D eigenvalue weighted by Gasteiger charge is -2.19. The monoisotopic (exact) mass is 386 g/mol. The Kier molecular flexibility index (Phi) is 5.27. The number of hydrogen-bond donors (Lipinski definition) is 0. The molecule has 0 saturated carbocycles. The van der Waals surface area contributed by atoms with Crippen LogP contribution in [0.5, 0.6) is 0 Å². The summed E-state index contributed by atoms with van der Waals surface area (Å²) < 4.78 is 2.36. The van der Waals surface area contributed by atoms with Gasteiger partial charge < -0.3 is 4.57 Å². The van der Waals surface area contributed by atoms with E-state index >= 15 is 0 Å². The number of thioether (sulfide) groups is 1. The normalized spacial score (nSPS) is 11.8. The zero-order chi connectivity index (χ0) is 19.6. The molecule has 0 atom stereocenters. The number of imidazole rings is 1. The highest BCUT2D eigenvalue weighted by molar-refractivity contribution is 7.98. The molecule has 0 fully saturated rings. The Balaban J connectivity index is 1.63. The maximum atomic E-state index is 4.92. The lowest BCUT2D eigenvalue weighted by molar-refractivity contribution is 0.589. The van der Waals surface area contributed by atoms with Crippen LogP contribution >= 0.6 is 11.8 Å². The van der Waals surface area contributed by atoms with E-state index in [1.807, 2.05) is 11.8 Å². The first-order valence-electron chi connectivity index (χ1n) is 9.72. The van der Waals surface area contributed by atoms with Crippen LogP contribution in [0, 0.1) is 0 Å². The van der Waals surface area contributed by atoms with Crippen LogP contribution in [-0.4, -0.2) is 9.55 Å². The third-order valence-corrected chi connectivity index (χ3v) is 6.01. The van der Waals surface area contributed by atoms with Gasteiger partial charge >= 0.3 is 0 Å². The molecule has 0 bridgehead atoms. The molecule has 0 spiro atoms. The summed E-state index contributed by atoms with van der Waals surface area (Å²) in [5.41, 5.74) is 5.12. The molecule has 1 aromatic heterocycles. The van der Waals surface area contributed by atoms with Gasteiger partial charge in [0.25, 0.3) is 0 Å². The van der Waals surface area contributed by atoms with Gasteiger partial charge in [-0.05, 0) is 40.8 Å². The Morgan fingerprint density at radius 1 is 0.821 bits per heavy atom. The van der Waals surface area contributed by atoms with Gasteiger partial charge in [-0.25, -0.2) is 4.98 Å². The molecule has 0 aliphatic carbocycles. The van der Waals surface area contributed by atoms with E-state index in [2.05, 4.69) is 104 Å². The number of rotatable bonds is 5. The van der Waals surface area contributed by atoms with Crippen molar-refractivity contribution < 1.29 is 0 Å². The van der Waals surface area contributed by atoms with E-state index in [9.17, 15) is 0 Å². The molecular formula is C25H26N2S. The van der Waals surface area contributed by atoms with Gasteiger partial charge in [0.15, 0.2) is 0 Å². The van der Waals surface area contributed by atoms with Gasteiger partial charge in [0.1, 0.15) is 5.82 Å². The first kappa shape index (κ1) is 18.8. The van der Waals surface area contributed by atoms with Crippen LogP contribution in [0.2, 0.25) is 0 Å². The quantitative estimate of drug-likeness (QED) is 0.356. The van der Waals surface area contributed by atoms with E-state index in [-0.39, 0.29) is 5.41 Å². The second kappa shape index (κ2) is 7.84. The number of benzene rings is 3. The molecule has 4 aromatic rings. The molecule has 0 aliphatic rings. The maximum Gasteiger partial charge on any atom is 0.120 e. The number of fused-ring (bicyclic) bond motifs is 1. The molecule has 0 aliphatic heterocycles. The summed E-state index contributed by atoms with van der Waals surface area (Å²) in [6.07, 6.45) is 0. The molecule has 4 rings (SSSR count). The molecule has 0 radical (unpaired) electrons. The summed E-state index contributed by atoms with van der Waals surface area (Å²) >= 11 is 1.84. The standard InChI is InChI=1S/C25H26N2S/c1-25(2,3)20-15-13-19(14-16-20)17-27-23-12-8-7-11-22(23)26-24(27)18-28-21-9-5-4-6-10-21/h4-16H,17-18H2,1-3H3. The molecule has 2 nitrogen and oxygen atoms in total. The fraction of sp³-hybridized carbons (Fsp3) is 0.240. The molecule has 3 aromatic carbocycles. The molecule has 28 heavy (non-hydrogen) atoms. The first-order chi connectivity index (χ1) is 13.5. The topological polar surface area (TPSA) is 17.8 Å². The zero-order valence-electron chi connectivity index (χ0n) is 16.7. The van der Waals surface area contributed by atoms with Crippen molar-refractivity contribution in [3.8, 4) is 0 Å². The van der Waals surface area contributed by atoms with Crippen molar-refractivity contribution in [2.75, 3.05) is 0 Å². The minimum Gasteiger partial charge on any atom is -0.323 e. The van der Waals surface area contributed by atoms with Gasteiger partial charge in [0.2, 0.25) is 0 Å². The fourth-order valence-corrected chi connectivity index (χ4v) is 4.24. The second-order valence-corrected chi connectivity index (χ2v) is 9.20. The summed E-state index contributed by atoms with van der Waals surface area (Å²) in [6, 6.07) is 28.0. The molecule has 0 unspecified atom stereocenters. The summed E-state index contributed by atoms with van der Waals surface area (Å²) in [6.45, 7) is 7.61. The lowest BCUT2D eigenvalue weighted by Crippen LogP contribution is -2.11. The third-order valence-electron chi connectivity index (χ3n) is 5.01. The minimum absolute atomic E-state index is 0.178. The smallest absolute Gasteiger partial charge is 0.120 e. The summed E-state index contributed by atoms with van der Waals surface area (Å²) in [4.78, 5) is 6.20. The predicted octanol–water partition coefficient (Wildman–Crippen LogP) is 6.67. The molecule has 0 N–H and O–H groups in total. The molecular weight excluding hydrogens is 360 g/mol. The van der Waals surface area contributed by atoms with Crippen molar-refractivity contribution in [3.63, 3.8) is 0 Å². The van der Waals surface area contributed by atoms with E-state index in [1.165, 1.54) is 21.5 Å². The maximum absolute atomic E-state index is 4.92. The van der Waals surface area contributed by atoms with Crippen LogP contribution in [0.1, 0.15) is 37.7 Å². The van der Waals surface area contributed by atoms with Crippen LogP contribution in [0.3, 0.4) is 0 Å². The average molecular weight is 387 g/mol. The molecule has 1 heterocycles.